The molecule has 0 aromatic heterocycles. The van der Waals surface area contributed by atoms with Crippen molar-refractivity contribution in [2.24, 2.45) is 11.7 Å². The molecule has 148 valence electrons. The van der Waals surface area contributed by atoms with Gasteiger partial charge in [0.15, 0.2) is 0 Å². The molecule has 4 rings (SSSR count). The van der Waals surface area contributed by atoms with Crippen molar-refractivity contribution >= 4 is 5.91 Å². The van der Waals surface area contributed by atoms with Gasteiger partial charge in [-0.05, 0) is 66.8 Å². The first kappa shape index (κ1) is 19.1. The van der Waals surface area contributed by atoms with E-state index in [0.717, 1.165) is 36.0 Å². The number of hydrogen-bond donors (Lipinski definition) is 2. The van der Waals surface area contributed by atoms with Crippen LogP contribution in [-0.2, 0) is 16.8 Å². The number of aliphatic hydroxyl groups is 1. The molecule has 2 aromatic carbocycles. The molecule has 1 saturated carbocycles. The number of piperidine rings is 1. The Morgan fingerprint density at radius 1 is 1.11 bits per heavy atom. The second-order valence-corrected chi connectivity index (χ2v) is 8.33. The number of nitrogens with zero attached hydrogens (tertiary/aromatic N) is 1. The number of benzene rings is 2. The van der Waals surface area contributed by atoms with Crippen LogP contribution in [0.5, 0.6) is 0 Å². The Morgan fingerprint density at radius 2 is 1.71 bits per heavy atom. The number of carbonyl (C=O) groups is 1. The number of primary amides is 1. The maximum atomic E-state index is 13.1. The van der Waals surface area contributed by atoms with Gasteiger partial charge >= 0.3 is 0 Å². The van der Waals surface area contributed by atoms with Gasteiger partial charge in [0.25, 0.3) is 0 Å². The lowest BCUT2D eigenvalue weighted by molar-refractivity contribution is -0.122. The van der Waals surface area contributed by atoms with Crippen LogP contribution in [0.3, 0.4) is 0 Å². The Kier molecular flexibility index (Phi) is 5.21. The maximum Gasteiger partial charge on any atom is 0.231 e. The lowest BCUT2D eigenvalue weighted by Gasteiger charge is -2.44. The lowest BCUT2D eigenvalue weighted by Crippen LogP contribution is -2.52. The predicted octanol–water partition coefficient (Wildman–Crippen LogP) is 2.96. The molecule has 1 heterocycles. The van der Waals surface area contributed by atoms with Crippen molar-refractivity contribution in [3.63, 3.8) is 0 Å². The van der Waals surface area contributed by atoms with E-state index in [-0.39, 0.29) is 24.3 Å². The van der Waals surface area contributed by atoms with Crippen LogP contribution in [0.1, 0.15) is 42.4 Å². The van der Waals surface area contributed by atoms with E-state index in [1.54, 1.807) is 12.1 Å². The molecule has 2 fully saturated rings. The highest BCUT2D eigenvalue weighted by molar-refractivity contribution is 5.76. The Labute approximate surface area is 165 Å². The van der Waals surface area contributed by atoms with Gasteiger partial charge in [0.1, 0.15) is 5.82 Å². The van der Waals surface area contributed by atoms with E-state index < -0.39 is 5.60 Å². The number of hydrogen-bond acceptors (Lipinski definition) is 3. The van der Waals surface area contributed by atoms with Crippen LogP contribution in [0.2, 0.25) is 0 Å². The molecule has 2 unspecified atom stereocenters. The maximum absolute atomic E-state index is 13.1. The number of rotatable bonds is 6. The Bertz CT molecular complexity index is 833. The minimum absolute atomic E-state index is 0.213. The molecular formula is C23H27FN2O2. The predicted molar refractivity (Wildman–Crippen MR) is 106 cm³/mol. The van der Waals surface area contributed by atoms with Gasteiger partial charge in [-0.3, -0.25) is 9.69 Å². The second-order valence-electron chi connectivity index (χ2n) is 8.33. The monoisotopic (exact) mass is 382 g/mol. The number of likely N-dealkylation sites (tertiary alicyclic amines) is 1. The molecule has 5 heteroatoms. The quantitative estimate of drug-likeness (QED) is 0.807. The molecule has 3 N–H and O–H groups in total. The average Bonchev–Trinajstić information content (AvgIpc) is 3.51. The molecule has 28 heavy (non-hydrogen) atoms. The van der Waals surface area contributed by atoms with Crippen molar-refractivity contribution in [3.05, 3.63) is 71.0 Å². The van der Waals surface area contributed by atoms with Crippen molar-refractivity contribution in [2.75, 3.05) is 13.1 Å². The number of halogens is 1. The molecule has 0 radical (unpaired) electrons. The average molecular weight is 382 g/mol. The third-order valence-electron chi connectivity index (χ3n) is 6.17. The van der Waals surface area contributed by atoms with Crippen molar-refractivity contribution in [3.8, 4) is 0 Å². The third kappa shape index (κ3) is 4.26. The zero-order valence-corrected chi connectivity index (χ0v) is 16.0. The third-order valence-corrected chi connectivity index (χ3v) is 6.17. The SMILES string of the molecule is NC(=O)CN1CCC(O)(c2ccc(Cc3ccc(F)cc3)cc2)CC1C1CC1. The van der Waals surface area contributed by atoms with Gasteiger partial charge in [-0.1, -0.05) is 36.4 Å². The van der Waals surface area contributed by atoms with E-state index in [4.69, 9.17) is 5.73 Å². The lowest BCUT2D eigenvalue weighted by atomic mass is 9.79. The van der Waals surface area contributed by atoms with Gasteiger partial charge in [-0.15, -0.1) is 0 Å². The molecule has 2 atom stereocenters. The fraction of sp³-hybridized carbons (Fsp3) is 0.435. The molecular weight excluding hydrogens is 355 g/mol. The van der Waals surface area contributed by atoms with Gasteiger partial charge in [0, 0.05) is 12.6 Å². The molecule has 0 bridgehead atoms. The van der Waals surface area contributed by atoms with Gasteiger partial charge < -0.3 is 10.8 Å². The van der Waals surface area contributed by atoms with Crippen molar-refractivity contribution < 1.29 is 14.3 Å². The van der Waals surface area contributed by atoms with Crippen LogP contribution in [0.4, 0.5) is 4.39 Å². The molecule has 1 saturated heterocycles. The first-order chi connectivity index (χ1) is 13.4. The summed E-state index contributed by atoms with van der Waals surface area (Å²) in [6.07, 6.45) is 4.29. The minimum atomic E-state index is -0.865. The van der Waals surface area contributed by atoms with Gasteiger partial charge in [-0.25, -0.2) is 4.39 Å². The summed E-state index contributed by atoms with van der Waals surface area (Å²) in [5, 5.41) is 11.4. The Hall–Kier alpha value is -2.24. The van der Waals surface area contributed by atoms with E-state index in [1.807, 2.05) is 24.3 Å². The fourth-order valence-corrected chi connectivity index (χ4v) is 4.45. The standard InChI is InChI=1S/C23H27FN2O2/c24-20-9-3-17(4-10-20)13-16-1-7-19(8-2-16)23(28)11-12-26(15-22(25)27)21(14-23)18-5-6-18/h1-4,7-10,18,21,28H,5-6,11-15H2,(H2,25,27). The first-order valence-corrected chi connectivity index (χ1v) is 10.0. The summed E-state index contributed by atoms with van der Waals surface area (Å²) in [5.74, 6) is 0.0272. The van der Waals surface area contributed by atoms with Crippen molar-refractivity contribution in [2.45, 2.75) is 43.7 Å². The molecule has 1 amide bonds. The Morgan fingerprint density at radius 3 is 2.29 bits per heavy atom. The highest BCUT2D eigenvalue weighted by atomic mass is 19.1. The van der Waals surface area contributed by atoms with Crippen LogP contribution in [-0.4, -0.2) is 35.0 Å². The molecule has 2 aliphatic rings. The minimum Gasteiger partial charge on any atom is -0.385 e. The summed E-state index contributed by atoms with van der Waals surface area (Å²) in [6.45, 7) is 0.950. The fourth-order valence-electron chi connectivity index (χ4n) is 4.45. The molecule has 4 nitrogen and oxygen atoms in total. The summed E-state index contributed by atoms with van der Waals surface area (Å²) < 4.78 is 13.1. The van der Waals surface area contributed by atoms with Crippen LogP contribution >= 0.6 is 0 Å². The van der Waals surface area contributed by atoms with E-state index in [0.29, 0.717) is 25.3 Å². The summed E-state index contributed by atoms with van der Waals surface area (Å²) in [6, 6.07) is 14.9. The molecule has 2 aromatic rings. The molecule has 1 aliphatic carbocycles. The summed E-state index contributed by atoms with van der Waals surface area (Å²) in [5.41, 5.74) is 7.66. The van der Waals surface area contributed by atoms with Crippen molar-refractivity contribution in [1.29, 1.82) is 0 Å². The van der Waals surface area contributed by atoms with Crippen LogP contribution in [0.15, 0.2) is 48.5 Å². The van der Waals surface area contributed by atoms with Gasteiger partial charge in [0.05, 0.1) is 12.1 Å². The normalized spacial score (nSPS) is 25.6. The van der Waals surface area contributed by atoms with E-state index >= 15 is 0 Å². The van der Waals surface area contributed by atoms with Gasteiger partial charge in [-0.2, -0.15) is 0 Å². The molecule has 1 aliphatic heterocycles. The summed E-state index contributed by atoms with van der Waals surface area (Å²) in [7, 11) is 0. The highest BCUT2D eigenvalue weighted by Crippen LogP contribution is 2.45. The van der Waals surface area contributed by atoms with Gasteiger partial charge in [0.2, 0.25) is 5.91 Å². The number of carbonyl (C=O) groups excluding carboxylic acids is 1. The number of amides is 1. The number of nitrogens with two attached hydrogens (primary N) is 1. The smallest absolute Gasteiger partial charge is 0.231 e. The molecule has 0 spiro atoms. The topological polar surface area (TPSA) is 66.6 Å². The van der Waals surface area contributed by atoms with E-state index in [1.165, 1.54) is 12.1 Å². The summed E-state index contributed by atoms with van der Waals surface area (Å²) in [4.78, 5) is 13.5. The Balaban J connectivity index is 1.47. The van der Waals surface area contributed by atoms with E-state index in [2.05, 4.69) is 4.90 Å². The van der Waals surface area contributed by atoms with Crippen molar-refractivity contribution in [1.82, 2.24) is 4.90 Å². The summed E-state index contributed by atoms with van der Waals surface area (Å²) >= 11 is 0. The zero-order chi connectivity index (χ0) is 19.7. The largest absolute Gasteiger partial charge is 0.385 e. The zero-order valence-electron chi connectivity index (χ0n) is 16.0. The van der Waals surface area contributed by atoms with Crippen LogP contribution in [0.25, 0.3) is 0 Å². The van der Waals surface area contributed by atoms with Crippen LogP contribution in [0, 0.1) is 11.7 Å². The highest BCUT2D eigenvalue weighted by Gasteiger charge is 2.45. The second kappa shape index (κ2) is 7.64. The first-order valence-electron chi connectivity index (χ1n) is 10.0. The van der Waals surface area contributed by atoms with Crippen LogP contribution < -0.4 is 5.73 Å². The van der Waals surface area contributed by atoms with E-state index in [9.17, 15) is 14.3 Å².